The molecule has 0 aliphatic carbocycles. The number of carboxylic acid groups (broad SMARTS) is 1. The minimum Gasteiger partial charge on any atom is -0.490 e. The van der Waals surface area contributed by atoms with Gasteiger partial charge in [0.1, 0.15) is 5.57 Å². The van der Waals surface area contributed by atoms with E-state index in [1.165, 1.54) is 18.2 Å². The number of para-hydroxylation sites is 1. The summed E-state index contributed by atoms with van der Waals surface area (Å²) in [7, 11) is 0. The van der Waals surface area contributed by atoms with E-state index in [2.05, 4.69) is 21.2 Å². The molecule has 1 saturated heterocycles. The number of amides is 4. The van der Waals surface area contributed by atoms with Gasteiger partial charge in [0.25, 0.3) is 11.8 Å². The van der Waals surface area contributed by atoms with E-state index in [-0.39, 0.29) is 23.7 Å². The summed E-state index contributed by atoms with van der Waals surface area (Å²) in [6.07, 6.45) is 1.31. The summed E-state index contributed by atoms with van der Waals surface area (Å²) in [5.41, 5.74) is 0.466. The molecule has 2 aromatic carbocycles. The normalized spacial score (nSPS) is 15.1. The van der Waals surface area contributed by atoms with Crippen LogP contribution in [0.2, 0.25) is 0 Å². The lowest BCUT2D eigenvalue weighted by atomic mass is 10.1. The smallest absolute Gasteiger partial charge is 0.341 e. The van der Waals surface area contributed by atoms with E-state index in [1.54, 1.807) is 37.3 Å². The molecule has 160 valence electrons. The van der Waals surface area contributed by atoms with Crippen LogP contribution in [0.15, 0.2) is 52.5 Å². The van der Waals surface area contributed by atoms with E-state index in [1.807, 2.05) is 0 Å². The van der Waals surface area contributed by atoms with Crippen LogP contribution in [0, 0.1) is 0 Å². The first kappa shape index (κ1) is 22.0. The van der Waals surface area contributed by atoms with E-state index < -0.39 is 30.4 Å². The maximum Gasteiger partial charge on any atom is 0.341 e. The number of hydrogen-bond acceptors (Lipinski definition) is 6. The number of barbiturate groups is 1. The summed E-state index contributed by atoms with van der Waals surface area (Å²) in [6.45, 7) is 1.43. The lowest BCUT2D eigenvalue weighted by Gasteiger charge is -2.26. The van der Waals surface area contributed by atoms with Gasteiger partial charge < -0.3 is 14.6 Å². The number of anilines is 1. The number of aliphatic carboxylic acids is 1. The number of carboxylic acids is 1. The quantitative estimate of drug-likeness (QED) is 0.453. The Hall–Kier alpha value is -3.66. The van der Waals surface area contributed by atoms with Crippen LogP contribution in [-0.4, -0.2) is 42.1 Å². The van der Waals surface area contributed by atoms with E-state index in [0.717, 1.165) is 4.90 Å². The number of urea groups is 1. The number of carbonyl (C=O) groups excluding carboxylic acids is 3. The number of benzene rings is 2. The Morgan fingerprint density at radius 3 is 2.52 bits per heavy atom. The van der Waals surface area contributed by atoms with Gasteiger partial charge in [0.2, 0.25) is 0 Å². The first-order valence-electron chi connectivity index (χ1n) is 9.09. The number of carbonyl (C=O) groups is 4. The highest BCUT2D eigenvalue weighted by Crippen LogP contribution is 2.37. The molecule has 1 fully saturated rings. The van der Waals surface area contributed by atoms with Gasteiger partial charge in [0.05, 0.1) is 16.8 Å². The van der Waals surface area contributed by atoms with Crippen molar-refractivity contribution in [2.75, 3.05) is 18.1 Å². The molecule has 31 heavy (non-hydrogen) atoms. The Balaban J connectivity index is 2.00. The Morgan fingerprint density at radius 1 is 1.16 bits per heavy atom. The third kappa shape index (κ3) is 4.92. The average molecular weight is 489 g/mol. The molecule has 1 heterocycles. The van der Waals surface area contributed by atoms with Crippen molar-refractivity contribution in [3.63, 3.8) is 0 Å². The van der Waals surface area contributed by atoms with E-state index in [4.69, 9.17) is 14.6 Å². The maximum absolute atomic E-state index is 12.9. The standard InChI is InChI=1S/C21H17BrN2O7/c1-2-30-16-10-12(9-15(22)18(16)31-11-17(25)26)8-14-19(27)23-21(29)24(20(14)28)13-6-4-3-5-7-13/h3-10H,2,11H2,1H3,(H,25,26)(H,23,27,29). The van der Waals surface area contributed by atoms with Crippen LogP contribution in [0.5, 0.6) is 11.5 Å². The molecule has 0 aromatic heterocycles. The molecule has 4 amide bonds. The lowest BCUT2D eigenvalue weighted by Crippen LogP contribution is -2.54. The fourth-order valence-corrected chi connectivity index (χ4v) is 3.42. The fraction of sp³-hybridized carbons (Fsp3) is 0.143. The van der Waals surface area contributed by atoms with Crippen molar-refractivity contribution in [3.05, 3.63) is 58.1 Å². The SMILES string of the molecule is CCOc1cc(C=C2C(=O)NC(=O)N(c3ccccc3)C2=O)cc(Br)c1OCC(=O)O. The molecule has 1 aliphatic rings. The Kier molecular flexibility index (Phi) is 6.71. The maximum atomic E-state index is 12.9. The molecule has 3 rings (SSSR count). The Morgan fingerprint density at radius 2 is 1.87 bits per heavy atom. The van der Waals surface area contributed by atoms with Crippen LogP contribution < -0.4 is 19.7 Å². The molecular weight excluding hydrogens is 472 g/mol. The summed E-state index contributed by atoms with van der Waals surface area (Å²) in [5, 5.41) is 11.0. The zero-order valence-electron chi connectivity index (χ0n) is 16.3. The first-order valence-corrected chi connectivity index (χ1v) is 9.88. The molecule has 9 nitrogen and oxygen atoms in total. The molecule has 2 aromatic rings. The van der Waals surface area contributed by atoms with Gasteiger partial charge in [-0.2, -0.15) is 0 Å². The van der Waals surface area contributed by atoms with Crippen LogP contribution in [0.3, 0.4) is 0 Å². The monoisotopic (exact) mass is 488 g/mol. The highest BCUT2D eigenvalue weighted by Gasteiger charge is 2.36. The predicted molar refractivity (Wildman–Crippen MR) is 114 cm³/mol. The van der Waals surface area contributed by atoms with Crippen molar-refractivity contribution in [3.8, 4) is 11.5 Å². The number of nitrogens with one attached hydrogen (secondary N) is 1. The highest BCUT2D eigenvalue weighted by atomic mass is 79.9. The Bertz CT molecular complexity index is 1080. The molecule has 1 aliphatic heterocycles. The number of ether oxygens (including phenoxy) is 2. The van der Waals surface area contributed by atoms with Crippen molar-refractivity contribution < 1.29 is 33.8 Å². The van der Waals surface area contributed by atoms with Crippen molar-refractivity contribution in [2.45, 2.75) is 6.92 Å². The molecular formula is C21H17BrN2O7. The molecule has 0 spiro atoms. The zero-order valence-corrected chi connectivity index (χ0v) is 17.8. The predicted octanol–water partition coefficient (Wildman–Crippen LogP) is 2.98. The number of hydrogen-bond donors (Lipinski definition) is 2. The summed E-state index contributed by atoms with van der Waals surface area (Å²) in [4.78, 5) is 49.2. The average Bonchev–Trinajstić information content (AvgIpc) is 2.71. The van der Waals surface area contributed by atoms with E-state index in [9.17, 15) is 19.2 Å². The number of imide groups is 2. The van der Waals surface area contributed by atoms with Gasteiger partial charge >= 0.3 is 12.0 Å². The van der Waals surface area contributed by atoms with Gasteiger partial charge in [-0.3, -0.25) is 14.9 Å². The van der Waals surface area contributed by atoms with Gasteiger partial charge in [-0.25, -0.2) is 14.5 Å². The summed E-state index contributed by atoms with van der Waals surface area (Å²) in [5.74, 6) is -2.37. The second-order valence-corrected chi connectivity index (χ2v) is 7.09. The second-order valence-electron chi connectivity index (χ2n) is 6.24. The molecule has 10 heteroatoms. The highest BCUT2D eigenvalue weighted by molar-refractivity contribution is 9.10. The van der Waals surface area contributed by atoms with Crippen LogP contribution >= 0.6 is 15.9 Å². The summed E-state index contributed by atoms with van der Waals surface area (Å²) in [6, 6.07) is 10.4. The molecule has 2 N–H and O–H groups in total. The number of nitrogens with zero attached hydrogens (tertiary/aromatic N) is 1. The lowest BCUT2D eigenvalue weighted by molar-refractivity contribution is -0.139. The summed E-state index contributed by atoms with van der Waals surface area (Å²) >= 11 is 3.29. The molecule has 0 unspecified atom stereocenters. The topological polar surface area (TPSA) is 122 Å². The van der Waals surface area contributed by atoms with E-state index in [0.29, 0.717) is 15.7 Å². The summed E-state index contributed by atoms with van der Waals surface area (Å²) < 4.78 is 11.1. The van der Waals surface area contributed by atoms with Crippen LogP contribution in [0.1, 0.15) is 12.5 Å². The van der Waals surface area contributed by atoms with Crippen LogP contribution in [0.25, 0.3) is 6.08 Å². The minimum absolute atomic E-state index is 0.173. The third-order valence-electron chi connectivity index (χ3n) is 4.10. The van der Waals surface area contributed by atoms with Gasteiger partial charge in [0, 0.05) is 0 Å². The number of halogens is 1. The van der Waals surface area contributed by atoms with E-state index >= 15 is 0 Å². The fourth-order valence-electron chi connectivity index (χ4n) is 2.84. The van der Waals surface area contributed by atoms with Gasteiger partial charge in [-0.1, -0.05) is 18.2 Å². The number of rotatable bonds is 7. The second kappa shape index (κ2) is 9.43. The van der Waals surface area contributed by atoms with Crippen molar-refractivity contribution in [1.29, 1.82) is 0 Å². The molecule has 0 bridgehead atoms. The van der Waals surface area contributed by atoms with Gasteiger partial charge in [-0.15, -0.1) is 0 Å². The van der Waals surface area contributed by atoms with Crippen molar-refractivity contribution in [2.24, 2.45) is 0 Å². The van der Waals surface area contributed by atoms with Gasteiger partial charge in [0.15, 0.2) is 18.1 Å². The Labute approximate surface area is 185 Å². The largest absolute Gasteiger partial charge is 0.490 e. The molecule has 0 saturated carbocycles. The first-order chi connectivity index (χ1) is 14.8. The van der Waals surface area contributed by atoms with Crippen molar-refractivity contribution >= 4 is 51.5 Å². The minimum atomic E-state index is -1.16. The molecule has 0 atom stereocenters. The van der Waals surface area contributed by atoms with Gasteiger partial charge in [-0.05, 0) is 58.8 Å². The zero-order chi connectivity index (χ0) is 22.5. The third-order valence-corrected chi connectivity index (χ3v) is 4.69. The van der Waals surface area contributed by atoms with Crippen LogP contribution in [0.4, 0.5) is 10.5 Å². The van der Waals surface area contributed by atoms with Crippen LogP contribution in [-0.2, 0) is 14.4 Å². The molecule has 0 radical (unpaired) electrons. The van der Waals surface area contributed by atoms with Crippen molar-refractivity contribution in [1.82, 2.24) is 5.32 Å².